The summed E-state index contributed by atoms with van der Waals surface area (Å²) in [5, 5.41) is 0. The van der Waals surface area contributed by atoms with Gasteiger partial charge in [0.1, 0.15) is 11.6 Å². The molecule has 122 valence electrons. The number of ether oxygens (including phenoxy) is 1. The van der Waals surface area contributed by atoms with Gasteiger partial charge in [-0.1, -0.05) is 18.2 Å². The van der Waals surface area contributed by atoms with Gasteiger partial charge in [0.15, 0.2) is 0 Å². The van der Waals surface area contributed by atoms with Crippen molar-refractivity contribution >= 4 is 16.9 Å². The predicted octanol–water partition coefficient (Wildman–Crippen LogP) is 3.55. The molecule has 1 aliphatic rings. The van der Waals surface area contributed by atoms with Crippen LogP contribution in [-0.2, 0) is 0 Å². The average Bonchev–Trinajstić information content (AvgIpc) is 3.27. The molecule has 24 heavy (non-hydrogen) atoms. The van der Waals surface area contributed by atoms with E-state index in [4.69, 9.17) is 4.74 Å². The van der Waals surface area contributed by atoms with Crippen molar-refractivity contribution in [1.82, 2.24) is 14.9 Å². The molecule has 0 bridgehead atoms. The third-order valence-corrected chi connectivity index (χ3v) is 4.55. The van der Waals surface area contributed by atoms with E-state index < -0.39 is 0 Å². The summed E-state index contributed by atoms with van der Waals surface area (Å²) in [4.78, 5) is 22.9. The minimum atomic E-state index is -0.00361. The van der Waals surface area contributed by atoms with E-state index >= 15 is 0 Å². The number of nitrogens with one attached hydrogen (secondary N) is 1. The molecule has 1 aromatic heterocycles. The second kappa shape index (κ2) is 6.00. The Morgan fingerprint density at radius 3 is 2.96 bits per heavy atom. The number of nitrogens with zero attached hydrogens (tertiary/aromatic N) is 2. The number of imidazole rings is 1. The Hall–Kier alpha value is -2.82. The van der Waals surface area contributed by atoms with Crippen LogP contribution in [0.4, 0.5) is 0 Å². The Labute approximate surface area is 140 Å². The zero-order valence-corrected chi connectivity index (χ0v) is 13.5. The molecule has 2 aromatic carbocycles. The molecule has 5 nitrogen and oxygen atoms in total. The number of hydrogen-bond donors (Lipinski definition) is 1. The normalized spacial score (nSPS) is 17.4. The van der Waals surface area contributed by atoms with E-state index in [0.717, 1.165) is 36.2 Å². The fourth-order valence-electron chi connectivity index (χ4n) is 3.35. The van der Waals surface area contributed by atoms with Crippen LogP contribution in [0.2, 0.25) is 0 Å². The lowest BCUT2D eigenvalue weighted by molar-refractivity contribution is 0.0730. The van der Waals surface area contributed by atoms with E-state index in [-0.39, 0.29) is 11.9 Å². The number of fused-ring (bicyclic) bond motifs is 1. The monoisotopic (exact) mass is 321 g/mol. The first-order valence-electron chi connectivity index (χ1n) is 8.16. The summed E-state index contributed by atoms with van der Waals surface area (Å²) in [6.45, 7) is 0.748. The number of rotatable bonds is 3. The SMILES string of the molecule is COc1cccc(C(=O)N2CCCC2c2nc3ccccc3[nH]2)c1. The van der Waals surface area contributed by atoms with Crippen molar-refractivity contribution in [3.63, 3.8) is 0 Å². The van der Waals surface area contributed by atoms with Crippen molar-refractivity contribution in [3.8, 4) is 5.75 Å². The molecular weight excluding hydrogens is 302 g/mol. The number of carbonyl (C=O) groups is 1. The molecule has 0 saturated carbocycles. The number of methoxy groups -OCH3 is 1. The van der Waals surface area contributed by atoms with Crippen LogP contribution < -0.4 is 4.74 Å². The fourth-order valence-corrected chi connectivity index (χ4v) is 3.35. The van der Waals surface area contributed by atoms with Gasteiger partial charge in [-0.3, -0.25) is 4.79 Å². The van der Waals surface area contributed by atoms with Gasteiger partial charge in [-0.05, 0) is 43.2 Å². The lowest BCUT2D eigenvalue weighted by Crippen LogP contribution is -2.31. The summed E-state index contributed by atoms with van der Waals surface area (Å²) in [6.07, 6.45) is 1.91. The molecule has 5 heteroatoms. The first-order chi connectivity index (χ1) is 11.8. The molecule has 4 rings (SSSR count). The van der Waals surface area contributed by atoms with Crippen LogP contribution in [0.15, 0.2) is 48.5 Å². The lowest BCUT2D eigenvalue weighted by Gasteiger charge is -2.23. The van der Waals surface area contributed by atoms with E-state index in [0.29, 0.717) is 11.3 Å². The molecule has 1 saturated heterocycles. The number of hydrogen-bond acceptors (Lipinski definition) is 3. The van der Waals surface area contributed by atoms with E-state index in [2.05, 4.69) is 9.97 Å². The predicted molar refractivity (Wildman–Crippen MR) is 92.1 cm³/mol. The quantitative estimate of drug-likeness (QED) is 0.802. The highest BCUT2D eigenvalue weighted by Gasteiger charge is 2.32. The van der Waals surface area contributed by atoms with Gasteiger partial charge in [-0.25, -0.2) is 4.98 Å². The van der Waals surface area contributed by atoms with Gasteiger partial charge in [0.05, 0.1) is 24.2 Å². The smallest absolute Gasteiger partial charge is 0.254 e. The molecule has 1 atom stereocenters. The van der Waals surface area contributed by atoms with Gasteiger partial charge < -0.3 is 14.6 Å². The van der Waals surface area contributed by atoms with Gasteiger partial charge in [0.25, 0.3) is 5.91 Å². The molecule has 0 radical (unpaired) electrons. The Bertz CT molecular complexity index is 854. The highest BCUT2D eigenvalue weighted by molar-refractivity contribution is 5.95. The van der Waals surface area contributed by atoms with Gasteiger partial charge in [-0.2, -0.15) is 0 Å². The van der Waals surface area contributed by atoms with Crippen molar-refractivity contribution < 1.29 is 9.53 Å². The van der Waals surface area contributed by atoms with Gasteiger partial charge in [0.2, 0.25) is 0 Å². The topological polar surface area (TPSA) is 58.2 Å². The maximum Gasteiger partial charge on any atom is 0.254 e. The van der Waals surface area contributed by atoms with Crippen LogP contribution in [0.25, 0.3) is 11.0 Å². The number of para-hydroxylation sites is 2. The van der Waals surface area contributed by atoms with Crippen molar-refractivity contribution in [2.45, 2.75) is 18.9 Å². The van der Waals surface area contributed by atoms with Crippen molar-refractivity contribution in [2.24, 2.45) is 0 Å². The zero-order valence-electron chi connectivity index (χ0n) is 13.5. The number of benzene rings is 2. The van der Waals surface area contributed by atoms with Gasteiger partial charge >= 0.3 is 0 Å². The highest BCUT2D eigenvalue weighted by atomic mass is 16.5. The number of aromatic amines is 1. The molecule has 2 heterocycles. The second-order valence-corrected chi connectivity index (χ2v) is 6.03. The number of likely N-dealkylation sites (tertiary alicyclic amines) is 1. The maximum atomic E-state index is 12.9. The Morgan fingerprint density at radius 1 is 1.25 bits per heavy atom. The molecule has 3 aromatic rings. The van der Waals surface area contributed by atoms with Crippen molar-refractivity contribution in [3.05, 3.63) is 59.9 Å². The van der Waals surface area contributed by atoms with Crippen LogP contribution >= 0.6 is 0 Å². The van der Waals surface area contributed by atoms with E-state index in [1.54, 1.807) is 13.2 Å². The third kappa shape index (κ3) is 2.52. The molecule has 0 spiro atoms. The Balaban J connectivity index is 1.65. The summed E-state index contributed by atoms with van der Waals surface area (Å²) in [6, 6.07) is 15.3. The summed E-state index contributed by atoms with van der Waals surface area (Å²) >= 11 is 0. The summed E-state index contributed by atoms with van der Waals surface area (Å²) < 4.78 is 5.23. The first-order valence-corrected chi connectivity index (χ1v) is 8.16. The second-order valence-electron chi connectivity index (χ2n) is 6.03. The molecule has 0 aliphatic carbocycles. The highest BCUT2D eigenvalue weighted by Crippen LogP contribution is 2.33. The van der Waals surface area contributed by atoms with Crippen LogP contribution in [-0.4, -0.2) is 34.4 Å². The maximum absolute atomic E-state index is 12.9. The Morgan fingerprint density at radius 2 is 2.12 bits per heavy atom. The first kappa shape index (κ1) is 14.8. The summed E-state index contributed by atoms with van der Waals surface area (Å²) in [5.41, 5.74) is 2.60. The molecule has 1 unspecified atom stereocenters. The zero-order chi connectivity index (χ0) is 16.5. The third-order valence-electron chi connectivity index (χ3n) is 4.55. The minimum absolute atomic E-state index is 0.00361. The number of H-pyrrole nitrogens is 1. The van der Waals surface area contributed by atoms with Crippen LogP contribution in [0.5, 0.6) is 5.75 Å². The number of aromatic nitrogens is 2. The van der Waals surface area contributed by atoms with Crippen LogP contribution in [0.1, 0.15) is 35.1 Å². The van der Waals surface area contributed by atoms with Gasteiger partial charge in [0, 0.05) is 12.1 Å². The average molecular weight is 321 g/mol. The fraction of sp³-hybridized carbons (Fsp3) is 0.263. The Kier molecular flexibility index (Phi) is 3.69. The summed E-state index contributed by atoms with van der Waals surface area (Å²) in [5.74, 6) is 1.59. The van der Waals surface area contributed by atoms with E-state index in [1.165, 1.54) is 0 Å². The molecule has 1 amide bonds. The minimum Gasteiger partial charge on any atom is -0.497 e. The molecule has 1 N–H and O–H groups in total. The largest absolute Gasteiger partial charge is 0.497 e. The number of carbonyl (C=O) groups excluding carboxylic acids is 1. The lowest BCUT2D eigenvalue weighted by atomic mass is 10.1. The number of amides is 1. The van der Waals surface area contributed by atoms with Gasteiger partial charge in [-0.15, -0.1) is 0 Å². The van der Waals surface area contributed by atoms with E-state index in [9.17, 15) is 4.79 Å². The van der Waals surface area contributed by atoms with Crippen LogP contribution in [0, 0.1) is 0 Å². The molecular formula is C19H19N3O2. The molecule has 1 aliphatic heterocycles. The van der Waals surface area contributed by atoms with Crippen molar-refractivity contribution in [1.29, 1.82) is 0 Å². The van der Waals surface area contributed by atoms with E-state index in [1.807, 2.05) is 47.4 Å². The van der Waals surface area contributed by atoms with Crippen LogP contribution in [0.3, 0.4) is 0 Å². The van der Waals surface area contributed by atoms with Crippen molar-refractivity contribution in [2.75, 3.05) is 13.7 Å². The summed E-state index contributed by atoms with van der Waals surface area (Å²) in [7, 11) is 1.61. The standard InChI is InChI=1S/C19H19N3O2/c1-24-14-7-4-6-13(12-14)19(23)22-11-5-10-17(22)18-20-15-8-2-3-9-16(15)21-18/h2-4,6-9,12,17H,5,10-11H2,1H3,(H,20,21). The molecule has 1 fully saturated rings.